The zero-order valence-corrected chi connectivity index (χ0v) is 23.7. The topological polar surface area (TPSA) is 74.6 Å². The smallest absolute Gasteiger partial charge is 0.220 e. The molecule has 0 aliphatic heterocycles. The van der Waals surface area contributed by atoms with Gasteiger partial charge in [0.2, 0.25) is 5.91 Å². The van der Waals surface area contributed by atoms with Crippen molar-refractivity contribution in [3.8, 4) is 17.2 Å². The van der Waals surface area contributed by atoms with E-state index >= 15 is 0 Å². The molecule has 0 aliphatic rings. The third kappa shape index (κ3) is 6.69. The van der Waals surface area contributed by atoms with E-state index in [1.54, 1.807) is 27.5 Å². The molecule has 41 heavy (non-hydrogen) atoms. The zero-order valence-electron chi connectivity index (χ0n) is 23.7. The van der Waals surface area contributed by atoms with E-state index in [-0.39, 0.29) is 18.2 Å². The van der Waals surface area contributed by atoms with Gasteiger partial charge >= 0.3 is 0 Å². The molecule has 1 N–H and O–H groups in total. The molecular formula is C34H35N3O4. The van der Waals surface area contributed by atoms with E-state index in [2.05, 4.69) is 45.3 Å². The van der Waals surface area contributed by atoms with Gasteiger partial charge < -0.3 is 24.1 Å². The number of ether oxygens (including phenoxy) is 3. The fourth-order valence-electron chi connectivity index (χ4n) is 5.18. The van der Waals surface area contributed by atoms with Crippen molar-refractivity contribution in [2.24, 2.45) is 0 Å². The lowest BCUT2D eigenvalue weighted by molar-refractivity contribution is -0.121. The maximum Gasteiger partial charge on any atom is 0.220 e. The Morgan fingerprint density at radius 1 is 0.854 bits per heavy atom. The molecule has 0 radical (unpaired) electrons. The number of rotatable bonds is 12. The molecule has 0 saturated carbocycles. The number of fused-ring (bicyclic) bond motifs is 1. The molecule has 0 bridgehead atoms. The van der Waals surface area contributed by atoms with E-state index in [0.717, 1.165) is 39.0 Å². The highest BCUT2D eigenvalue weighted by atomic mass is 16.5. The molecule has 0 aliphatic carbocycles. The third-order valence-electron chi connectivity index (χ3n) is 7.30. The maximum atomic E-state index is 13.4. The number of carbonyl (C=O) groups excluding carboxylic acids is 1. The normalized spacial score (nSPS) is 11.7. The molecule has 2 aromatic heterocycles. The van der Waals surface area contributed by atoms with Gasteiger partial charge in [-0.3, -0.25) is 9.78 Å². The Labute approximate surface area is 240 Å². The van der Waals surface area contributed by atoms with Crippen LogP contribution >= 0.6 is 0 Å². The number of amides is 1. The standard InChI is InChI=1S/C34H35N3O4/c1-39-27-13-11-24(12-14-27)22-37-23-32(30-9-4-5-10-33(30)37)31(25-18-28(40-2)20-29(19-25)41-3)21-34(38)36-17-15-26-8-6-7-16-35-26/h4-14,16,18-20,23,31H,15,17,21-22H2,1-3H3,(H,36,38)/t31-/m0/s1. The first-order valence-corrected chi connectivity index (χ1v) is 13.7. The Morgan fingerprint density at radius 2 is 1.56 bits per heavy atom. The van der Waals surface area contributed by atoms with Crippen molar-refractivity contribution in [2.45, 2.75) is 25.3 Å². The molecule has 7 heteroatoms. The Bertz CT molecular complexity index is 1570. The highest BCUT2D eigenvalue weighted by Crippen LogP contribution is 2.38. The van der Waals surface area contributed by atoms with Crippen LogP contribution in [0.1, 0.15) is 34.7 Å². The first kappa shape index (κ1) is 27.8. The average molecular weight is 550 g/mol. The molecule has 1 atom stereocenters. The third-order valence-corrected chi connectivity index (χ3v) is 7.30. The second-order valence-corrected chi connectivity index (χ2v) is 9.90. The van der Waals surface area contributed by atoms with Crippen LogP contribution in [0.3, 0.4) is 0 Å². The van der Waals surface area contributed by atoms with Crippen LogP contribution in [0, 0.1) is 0 Å². The minimum absolute atomic E-state index is 0.0281. The number of nitrogens with zero attached hydrogens (tertiary/aromatic N) is 2. The summed E-state index contributed by atoms with van der Waals surface area (Å²) in [6.45, 7) is 1.21. The molecule has 0 fully saturated rings. The van der Waals surface area contributed by atoms with Gasteiger partial charge in [-0.15, -0.1) is 0 Å². The molecule has 0 saturated heterocycles. The lowest BCUT2D eigenvalue weighted by atomic mass is 9.87. The average Bonchev–Trinajstić information content (AvgIpc) is 3.38. The lowest BCUT2D eigenvalue weighted by Crippen LogP contribution is -2.27. The number of methoxy groups -OCH3 is 3. The quantitative estimate of drug-likeness (QED) is 0.207. The molecule has 3 aromatic carbocycles. The van der Waals surface area contributed by atoms with Crippen molar-refractivity contribution in [1.29, 1.82) is 0 Å². The molecule has 2 heterocycles. The van der Waals surface area contributed by atoms with E-state index < -0.39 is 0 Å². The van der Waals surface area contributed by atoms with Crippen molar-refractivity contribution >= 4 is 16.8 Å². The fourth-order valence-corrected chi connectivity index (χ4v) is 5.18. The van der Waals surface area contributed by atoms with E-state index in [4.69, 9.17) is 14.2 Å². The van der Waals surface area contributed by atoms with Gasteiger partial charge in [0.15, 0.2) is 0 Å². The summed E-state index contributed by atoms with van der Waals surface area (Å²) in [6.07, 6.45) is 4.89. The monoisotopic (exact) mass is 549 g/mol. The first-order chi connectivity index (χ1) is 20.1. The van der Waals surface area contributed by atoms with E-state index in [9.17, 15) is 4.79 Å². The molecule has 7 nitrogen and oxygen atoms in total. The molecule has 0 unspecified atom stereocenters. The summed E-state index contributed by atoms with van der Waals surface area (Å²) >= 11 is 0. The predicted molar refractivity (Wildman–Crippen MR) is 161 cm³/mol. The highest BCUT2D eigenvalue weighted by molar-refractivity contribution is 5.87. The number of hydrogen-bond acceptors (Lipinski definition) is 5. The van der Waals surface area contributed by atoms with E-state index in [1.807, 2.05) is 60.7 Å². The van der Waals surface area contributed by atoms with Gasteiger partial charge in [0.25, 0.3) is 0 Å². The van der Waals surface area contributed by atoms with Crippen LogP contribution in [0.5, 0.6) is 17.2 Å². The van der Waals surface area contributed by atoms with Crippen molar-refractivity contribution in [3.05, 3.63) is 120 Å². The Hall–Kier alpha value is -4.78. The largest absolute Gasteiger partial charge is 0.497 e. The number of hydrogen-bond donors (Lipinski definition) is 1. The van der Waals surface area contributed by atoms with Gasteiger partial charge in [0.05, 0.1) is 21.3 Å². The van der Waals surface area contributed by atoms with Gasteiger partial charge in [0.1, 0.15) is 17.2 Å². The minimum atomic E-state index is -0.226. The Morgan fingerprint density at radius 3 is 2.24 bits per heavy atom. The summed E-state index contributed by atoms with van der Waals surface area (Å²) in [5.74, 6) is 1.94. The van der Waals surface area contributed by atoms with Gasteiger partial charge in [-0.05, 0) is 59.2 Å². The number of benzene rings is 3. The van der Waals surface area contributed by atoms with Gasteiger partial charge in [-0.2, -0.15) is 0 Å². The van der Waals surface area contributed by atoms with Crippen molar-refractivity contribution in [1.82, 2.24) is 14.9 Å². The second kappa shape index (κ2) is 13.0. The lowest BCUT2D eigenvalue weighted by Gasteiger charge is -2.19. The SMILES string of the molecule is COc1ccc(Cn2cc([C@@H](CC(=O)NCCc3ccccn3)c3cc(OC)cc(OC)c3)c3ccccc32)cc1. The van der Waals surface area contributed by atoms with Crippen molar-refractivity contribution < 1.29 is 19.0 Å². The van der Waals surface area contributed by atoms with Crippen LogP contribution in [0.2, 0.25) is 0 Å². The van der Waals surface area contributed by atoms with Crippen LogP contribution in [-0.2, 0) is 17.8 Å². The van der Waals surface area contributed by atoms with Gasteiger partial charge in [-0.25, -0.2) is 0 Å². The molecular weight excluding hydrogens is 514 g/mol. The van der Waals surface area contributed by atoms with Crippen molar-refractivity contribution in [3.63, 3.8) is 0 Å². The molecule has 210 valence electrons. The van der Waals surface area contributed by atoms with Crippen LogP contribution in [-0.4, -0.2) is 43.3 Å². The molecule has 0 spiro atoms. The summed E-state index contributed by atoms with van der Waals surface area (Å²) in [4.78, 5) is 17.7. The first-order valence-electron chi connectivity index (χ1n) is 13.7. The van der Waals surface area contributed by atoms with Crippen LogP contribution < -0.4 is 19.5 Å². The number of pyridine rings is 1. The number of carbonyl (C=O) groups is 1. The maximum absolute atomic E-state index is 13.4. The predicted octanol–water partition coefficient (Wildman–Crippen LogP) is 5.99. The van der Waals surface area contributed by atoms with Gasteiger partial charge in [-0.1, -0.05) is 36.4 Å². The Balaban J connectivity index is 1.49. The summed E-state index contributed by atoms with van der Waals surface area (Å²) in [5, 5.41) is 4.21. The zero-order chi connectivity index (χ0) is 28.6. The van der Waals surface area contributed by atoms with E-state index in [1.165, 1.54) is 0 Å². The molecule has 5 aromatic rings. The highest BCUT2D eigenvalue weighted by Gasteiger charge is 2.24. The summed E-state index contributed by atoms with van der Waals surface area (Å²) < 4.78 is 18.8. The number of para-hydroxylation sites is 1. The van der Waals surface area contributed by atoms with Crippen LogP contribution in [0.15, 0.2) is 97.3 Å². The van der Waals surface area contributed by atoms with Crippen LogP contribution in [0.25, 0.3) is 10.9 Å². The fraction of sp³-hybridized carbons (Fsp3) is 0.235. The van der Waals surface area contributed by atoms with Crippen LogP contribution in [0.4, 0.5) is 0 Å². The van der Waals surface area contributed by atoms with Crippen molar-refractivity contribution in [2.75, 3.05) is 27.9 Å². The number of aromatic nitrogens is 2. The molecule has 5 rings (SSSR count). The number of nitrogens with one attached hydrogen (secondary N) is 1. The Kier molecular flexibility index (Phi) is 8.84. The summed E-state index contributed by atoms with van der Waals surface area (Å²) in [6, 6.07) is 28.1. The second-order valence-electron chi connectivity index (χ2n) is 9.90. The minimum Gasteiger partial charge on any atom is -0.497 e. The van der Waals surface area contributed by atoms with E-state index in [0.29, 0.717) is 31.0 Å². The molecule has 1 amide bonds. The van der Waals surface area contributed by atoms with Gasteiger partial charge in [0, 0.05) is 66.9 Å². The summed E-state index contributed by atoms with van der Waals surface area (Å²) in [5.41, 5.74) is 5.24. The summed E-state index contributed by atoms with van der Waals surface area (Å²) in [7, 11) is 4.94.